The summed E-state index contributed by atoms with van der Waals surface area (Å²) in [6.45, 7) is 2.66. The number of para-hydroxylation sites is 1. The molecule has 172 valence electrons. The fraction of sp³-hybridized carbons (Fsp3) is 0.115. The quantitative estimate of drug-likeness (QED) is 0.181. The Morgan fingerprint density at radius 1 is 1.12 bits per heavy atom. The Balaban J connectivity index is 1.38. The predicted molar refractivity (Wildman–Crippen MR) is 142 cm³/mol. The van der Waals surface area contributed by atoms with Gasteiger partial charge in [-0.05, 0) is 48.9 Å². The third-order valence-corrected chi connectivity index (χ3v) is 6.03. The van der Waals surface area contributed by atoms with E-state index in [-0.39, 0.29) is 5.91 Å². The molecule has 0 unspecified atom stereocenters. The van der Waals surface area contributed by atoms with Gasteiger partial charge in [0.15, 0.2) is 5.13 Å². The largest absolute Gasteiger partial charge is 0.493 e. The molecule has 0 aliphatic carbocycles. The van der Waals surface area contributed by atoms with Gasteiger partial charge in [0.25, 0.3) is 5.91 Å². The average molecular weight is 535 g/mol. The number of benzene rings is 3. The van der Waals surface area contributed by atoms with Crippen LogP contribution in [-0.4, -0.2) is 23.7 Å². The Kier molecular flexibility index (Phi) is 8.06. The lowest BCUT2D eigenvalue weighted by atomic mass is 10.1. The summed E-state index contributed by atoms with van der Waals surface area (Å²) in [7, 11) is 0. The third-order valence-electron chi connectivity index (χ3n) is 4.78. The highest BCUT2D eigenvalue weighted by Gasteiger charge is 2.09. The van der Waals surface area contributed by atoms with E-state index in [0.717, 1.165) is 44.3 Å². The molecule has 0 fully saturated rings. The number of anilines is 2. The first-order valence-electron chi connectivity index (χ1n) is 10.8. The second-order valence-corrected chi connectivity index (χ2v) is 9.11. The van der Waals surface area contributed by atoms with Crippen LogP contribution in [0.5, 0.6) is 5.75 Å². The number of hydrazone groups is 1. The van der Waals surface area contributed by atoms with Crippen molar-refractivity contribution >= 4 is 50.2 Å². The first kappa shape index (κ1) is 23.7. The van der Waals surface area contributed by atoms with Gasteiger partial charge in [0.1, 0.15) is 5.75 Å². The summed E-state index contributed by atoms with van der Waals surface area (Å²) in [6.07, 6.45) is 2.49. The molecule has 1 heterocycles. The molecule has 4 rings (SSSR count). The van der Waals surface area contributed by atoms with Crippen molar-refractivity contribution in [2.75, 3.05) is 11.9 Å². The lowest BCUT2D eigenvalue weighted by Crippen LogP contribution is -2.17. The fourth-order valence-corrected chi connectivity index (χ4v) is 4.21. The number of hydrogen-bond acceptors (Lipinski definition) is 6. The van der Waals surface area contributed by atoms with Gasteiger partial charge in [-0.25, -0.2) is 10.4 Å². The van der Waals surface area contributed by atoms with E-state index in [1.54, 1.807) is 18.3 Å². The van der Waals surface area contributed by atoms with E-state index in [1.165, 1.54) is 11.3 Å². The highest BCUT2D eigenvalue weighted by atomic mass is 79.9. The monoisotopic (exact) mass is 534 g/mol. The Hall–Kier alpha value is -3.49. The lowest BCUT2D eigenvalue weighted by molar-refractivity contribution is 0.0955. The molecule has 0 aliphatic rings. The molecule has 0 radical (unpaired) electrons. The number of hydrogen-bond donors (Lipinski definition) is 2. The van der Waals surface area contributed by atoms with E-state index in [1.807, 2.05) is 73.0 Å². The number of amides is 1. The summed E-state index contributed by atoms with van der Waals surface area (Å²) in [5, 5.41) is 10.2. The van der Waals surface area contributed by atoms with Gasteiger partial charge in [-0.1, -0.05) is 53.2 Å². The molecule has 0 spiro atoms. The smallest absolute Gasteiger partial charge is 0.271 e. The van der Waals surface area contributed by atoms with Crippen molar-refractivity contribution in [1.29, 1.82) is 0 Å². The van der Waals surface area contributed by atoms with Gasteiger partial charge < -0.3 is 10.1 Å². The fourth-order valence-electron chi connectivity index (χ4n) is 3.09. The summed E-state index contributed by atoms with van der Waals surface area (Å²) in [5.41, 5.74) is 6.64. The van der Waals surface area contributed by atoms with Crippen molar-refractivity contribution in [3.05, 3.63) is 93.8 Å². The first-order valence-corrected chi connectivity index (χ1v) is 12.4. The molecule has 0 bridgehead atoms. The van der Waals surface area contributed by atoms with Crippen molar-refractivity contribution in [2.24, 2.45) is 5.10 Å². The van der Waals surface area contributed by atoms with Gasteiger partial charge >= 0.3 is 0 Å². The number of carbonyl (C=O) groups is 1. The Labute approximate surface area is 210 Å². The van der Waals surface area contributed by atoms with Crippen molar-refractivity contribution in [3.8, 4) is 17.0 Å². The minimum absolute atomic E-state index is 0.293. The molecule has 6 nitrogen and oxygen atoms in total. The SMILES string of the molecule is CCCOc1ccc(Br)cc1/C=N\NC(=O)c1ccc(-c2csc(Nc3ccccc3)n2)cc1. The maximum absolute atomic E-state index is 12.5. The number of thiazole rings is 1. The van der Waals surface area contributed by atoms with Crippen molar-refractivity contribution in [3.63, 3.8) is 0 Å². The van der Waals surface area contributed by atoms with Gasteiger partial charge in [0, 0.05) is 32.2 Å². The second kappa shape index (κ2) is 11.6. The molecule has 0 saturated heterocycles. The van der Waals surface area contributed by atoms with Crippen molar-refractivity contribution in [1.82, 2.24) is 10.4 Å². The maximum atomic E-state index is 12.5. The number of nitrogens with one attached hydrogen (secondary N) is 2. The minimum Gasteiger partial charge on any atom is -0.493 e. The molecule has 1 aromatic heterocycles. The molecule has 0 aliphatic heterocycles. The average Bonchev–Trinajstić information content (AvgIpc) is 3.32. The number of aromatic nitrogens is 1. The highest BCUT2D eigenvalue weighted by Crippen LogP contribution is 2.27. The molecule has 34 heavy (non-hydrogen) atoms. The zero-order valence-electron chi connectivity index (χ0n) is 18.5. The molecule has 2 N–H and O–H groups in total. The molecular formula is C26H23BrN4O2S. The molecule has 4 aromatic rings. The van der Waals surface area contributed by atoms with Crippen LogP contribution in [0.15, 0.2) is 87.8 Å². The van der Waals surface area contributed by atoms with E-state index >= 15 is 0 Å². The minimum atomic E-state index is -0.293. The van der Waals surface area contributed by atoms with Crippen molar-refractivity contribution < 1.29 is 9.53 Å². The van der Waals surface area contributed by atoms with E-state index in [4.69, 9.17) is 4.74 Å². The van der Waals surface area contributed by atoms with Crippen LogP contribution in [0.1, 0.15) is 29.3 Å². The van der Waals surface area contributed by atoms with Crippen LogP contribution in [0.4, 0.5) is 10.8 Å². The number of ether oxygens (including phenoxy) is 1. The van der Waals surface area contributed by atoms with Gasteiger partial charge in [-0.3, -0.25) is 4.79 Å². The van der Waals surface area contributed by atoms with Gasteiger partial charge in [-0.2, -0.15) is 5.10 Å². The van der Waals surface area contributed by atoms with E-state index in [9.17, 15) is 4.79 Å². The lowest BCUT2D eigenvalue weighted by Gasteiger charge is -2.08. The predicted octanol–water partition coefficient (Wildman–Crippen LogP) is 6.87. The molecular weight excluding hydrogens is 512 g/mol. The molecule has 8 heteroatoms. The number of halogens is 1. The van der Waals surface area contributed by atoms with Crippen LogP contribution in [0, 0.1) is 0 Å². The Morgan fingerprint density at radius 2 is 1.91 bits per heavy atom. The maximum Gasteiger partial charge on any atom is 0.271 e. The van der Waals surface area contributed by atoms with Crippen LogP contribution in [-0.2, 0) is 0 Å². The summed E-state index contributed by atoms with van der Waals surface area (Å²) in [4.78, 5) is 17.2. The van der Waals surface area contributed by atoms with Crippen molar-refractivity contribution in [2.45, 2.75) is 13.3 Å². The second-order valence-electron chi connectivity index (χ2n) is 7.34. The molecule has 0 saturated carbocycles. The topological polar surface area (TPSA) is 75.6 Å². The molecule has 0 atom stereocenters. The summed E-state index contributed by atoms with van der Waals surface area (Å²) in [6, 6.07) is 22.9. The van der Waals surface area contributed by atoms with Gasteiger partial charge in [0.05, 0.1) is 18.5 Å². The van der Waals surface area contributed by atoms with Gasteiger partial charge in [0.2, 0.25) is 0 Å². The van der Waals surface area contributed by atoms with Gasteiger partial charge in [-0.15, -0.1) is 11.3 Å². The zero-order valence-corrected chi connectivity index (χ0v) is 20.9. The Morgan fingerprint density at radius 3 is 2.68 bits per heavy atom. The van der Waals surface area contributed by atoms with E-state index in [2.05, 4.69) is 36.8 Å². The summed E-state index contributed by atoms with van der Waals surface area (Å²) < 4.78 is 6.65. The summed E-state index contributed by atoms with van der Waals surface area (Å²) in [5.74, 6) is 0.426. The zero-order chi connectivity index (χ0) is 23.8. The highest BCUT2D eigenvalue weighted by molar-refractivity contribution is 9.10. The molecule has 1 amide bonds. The van der Waals surface area contributed by atoms with Crippen LogP contribution in [0.25, 0.3) is 11.3 Å². The van der Waals surface area contributed by atoms with Crippen LogP contribution >= 0.6 is 27.3 Å². The number of carbonyl (C=O) groups excluding carboxylic acids is 1. The number of nitrogens with zero attached hydrogens (tertiary/aromatic N) is 2. The van der Waals surface area contributed by atoms with Crippen LogP contribution in [0.2, 0.25) is 0 Å². The first-order chi connectivity index (χ1) is 16.6. The summed E-state index contributed by atoms with van der Waals surface area (Å²) >= 11 is 4.98. The van der Waals surface area contributed by atoms with E-state index < -0.39 is 0 Å². The molecule has 3 aromatic carbocycles. The van der Waals surface area contributed by atoms with Crippen LogP contribution in [0.3, 0.4) is 0 Å². The standard InChI is InChI=1S/C26H23BrN4O2S/c1-2-14-33-24-13-12-21(27)15-20(24)16-28-31-25(32)19-10-8-18(9-11-19)23-17-34-26(30-23)29-22-6-4-3-5-7-22/h3-13,15-17H,2,14H2,1H3,(H,29,30)(H,31,32)/b28-16-. The normalized spacial score (nSPS) is 10.9. The third kappa shape index (κ3) is 6.30. The van der Waals surface area contributed by atoms with Crippen LogP contribution < -0.4 is 15.5 Å². The number of rotatable bonds is 9. The van der Waals surface area contributed by atoms with E-state index in [0.29, 0.717) is 12.2 Å². The Bertz CT molecular complexity index is 1270.